The van der Waals surface area contributed by atoms with Gasteiger partial charge in [-0.05, 0) is 18.6 Å². The Hall–Kier alpha value is -3.08. The molecular weight excluding hydrogens is 306 g/mol. The number of amides is 1. The van der Waals surface area contributed by atoms with Gasteiger partial charge in [0, 0.05) is 11.1 Å². The molecule has 0 unspecified atom stereocenters. The standard InChI is InChI=1S/C19H19NO4/c1-14(2)18(21)23-13-12-20-19(22)24-17-11-7-6-10-16(17)15-8-4-3-5-9-15/h3-11H,1,12-13H2,2H3,(H,20,22). The first-order valence-electron chi connectivity index (χ1n) is 7.50. The molecule has 124 valence electrons. The third-order valence-corrected chi connectivity index (χ3v) is 3.13. The van der Waals surface area contributed by atoms with Crippen LogP contribution in [-0.4, -0.2) is 25.2 Å². The van der Waals surface area contributed by atoms with Crippen molar-refractivity contribution in [2.75, 3.05) is 13.2 Å². The second-order valence-corrected chi connectivity index (χ2v) is 5.09. The van der Waals surface area contributed by atoms with Gasteiger partial charge in [-0.1, -0.05) is 55.1 Å². The molecule has 0 bridgehead atoms. The molecule has 1 amide bonds. The molecule has 0 aromatic heterocycles. The zero-order valence-corrected chi connectivity index (χ0v) is 13.5. The number of hydrogen-bond acceptors (Lipinski definition) is 4. The molecule has 0 saturated heterocycles. The molecular formula is C19H19NO4. The number of hydrogen-bond donors (Lipinski definition) is 1. The average Bonchev–Trinajstić information content (AvgIpc) is 2.59. The molecule has 0 aliphatic heterocycles. The van der Waals surface area contributed by atoms with Crippen molar-refractivity contribution in [3.8, 4) is 16.9 Å². The summed E-state index contributed by atoms with van der Waals surface area (Å²) >= 11 is 0. The molecule has 0 fully saturated rings. The SMILES string of the molecule is C=C(C)C(=O)OCCNC(=O)Oc1ccccc1-c1ccccc1. The lowest BCUT2D eigenvalue weighted by Crippen LogP contribution is -2.30. The van der Waals surface area contributed by atoms with Crippen molar-refractivity contribution in [3.63, 3.8) is 0 Å². The number of nitrogens with one attached hydrogen (secondary N) is 1. The van der Waals surface area contributed by atoms with E-state index in [-0.39, 0.29) is 13.2 Å². The predicted octanol–water partition coefficient (Wildman–Crippen LogP) is 3.56. The first kappa shape index (κ1) is 17.3. The van der Waals surface area contributed by atoms with Crippen LogP contribution in [0.15, 0.2) is 66.7 Å². The highest BCUT2D eigenvalue weighted by Gasteiger charge is 2.10. The van der Waals surface area contributed by atoms with Gasteiger partial charge in [0.05, 0.1) is 6.54 Å². The van der Waals surface area contributed by atoms with Crippen molar-refractivity contribution in [2.45, 2.75) is 6.92 Å². The zero-order valence-electron chi connectivity index (χ0n) is 13.5. The van der Waals surface area contributed by atoms with Crippen molar-refractivity contribution in [2.24, 2.45) is 0 Å². The zero-order chi connectivity index (χ0) is 17.4. The molecule has 5 heteroatoms. The highest BCUT2D eigenvalue weighted by molar-refractivity contribution is 5.86. The summed E-state index contributed by atoms with van der Waals surface area (Å²) in [6.07, 6.45) is -0.607. The Morgan fingerprint density at radius 2 is 1.71 bits per heavy atom. The van der Waals surface area contributed by atoms with E-state index in [9.17, 15) is 9.59 Å². The summed E-state index contributed by atoms with van der Waals surface area (Å²) in [5.74, 6) is -0.0280. The molecule has 0 aliphatic rings. The van der Waals surface area contributed by atoms with Crippen LogP contribution < -0.4 is 10.1 Å². The van der Waals surface area contributed by atoms with Crippen molar-refractivity contribution in [3.05, 3.63) is 66.7 Å². The molecule has 2 rings (SSSR count). The largest absolute Gasteiger partial charge is 0.460 e. The molecule has 0 aliphatic carbocycles. The van der Waals surface area contributed by atoms with Crippen LogP contribution in [0.25, 0.3) is 11.1 Å². The van der Waals surface area contributed by atoms with Crippen molar-refractivity contribution < 1.29 is 19.1 Å². The van der Waals surface area contributed by atoms with Gasteiger partial charge in [-0.2, -0.15) is 0 Å². The summed E-state index contributed by atoms with van der Waals surface area (Å²) in [6.45, 7) is 5.25. The van der Waals surface area contributed by atoms with Crippen LogP contribution in [-0.2, 0) is 9.53 Å². The summed E-state index contributed by atoms with van der Waals surface area (Å²) in [6, 6.07) is 16.9. The van der Waals surface area contributed by atoms with Crippen LogP contribution >= 0.6 is 0 Å². The van der Waals surface area contributed by atoms with Gasteiger partial charge in [-0.15, -0.1) is 0 Å². The molecule has 24 heavy (non-hydrogen) atoms. The monoisotopic (exact) mass is 325 g/mol. The maximum Gasteiger partial charge on any atom is 0.412 e. The Morgan fingerprint density at radius 3 is 2.42 bits per heavy atom. The van der Waals surface area contributed by atoms with Gasteiger partial charge in [0.1, 0.15) is 12.4 Å². The molecule has 0 heterocycles. The summed E-state index contributed by atoms with van der Waals surface area (Å²) in [5, 5.41) is 2.54. The minimum atomic E-state index is -0.607. The van der Waals surface area contributed by atoms with Crippen molar-refractivity contribution in [1.82, 2.24) is 5.32 Å². The Morgan fingerprint density at radius 1 is 1.04 bits per heavy atom. The first-order chi connectivity index (χ1) is 11.6. The van der Waals surface area contributed by atoms with Crippen LogP contribution in [0.3, 0.4) is 0 Å². The van der Waals surface area contributed by atoms with Gasteiger partial charge < -0.3 is 14.8 Å². The lowest BCUT2D eigenvalue weighted by atomic mass is 10.1. The van der Waals surface area contributed by atoms with E-state index >= 15 is 0 Å². The number of para-hydroxylation sites is 1. The topological polar surface area (TPSA) is 64.6 Å². The maximum absolute atomic E-state index is 11.9. The number of esters is 1. The van der Waals surface area contributed by atoms with Gasteiger partial charge in [0.2, 0.25) is 0 Å². The highest BCUT2D eigenvalue weighted by Crippen LogP contribution is 2.29. The Bertz CT molecular complexity index is 725. The van der Waals surface area contributed by atoms with E-state index in [1.807, 2.05) is 42.5 Å². The van der Waals surface area contributed by atoms with Crippen molar-refractivity contribution >= 4 is 12.1 Å². The molecule has 5 nitrogen and oxygen atoms in total. The third-order valence-electron chi connectivity index (χ3n) is 3.13. The van der Waals surface area contributed by atoms with Crippen LogP contribution in [0.4, 0.5) is 4.79 Å². The van der Waals surface area contributed by atoms with E-state index in [4.69, 9.17) is 9.47 Å². The Kier molecular flexibility index (Phi) is 6.14. The van der Waals surface area contributed by atoms with Crippen LogP contribution in [0.2, 0.25) is 0 Å². The third kappa shape index (κ3) is 4.98. The highest BCUT2D eigenvalue weighted by atomic mass is 16.6. The van der Waals surface area contributed by atoms with Crippen molar-refractivity contribution in [1.29, 1.82) is 0 Å². The van der Waals surface area contributed by atoms with Gasteiger partial charge in [0.15, 0.2) is 0 Å². The molecule has 1 N–H and O–H groups in total. The second kappa shape index (κ2) is 8.53. The average molecular weight is 325 g/mol. The van der Waals surface area contributed by atoms with E-state index in [0.717, 1.165) is 11.1 Å². The van der Waals surface area contributed by atoms with E-state index < -0.39 is 12.1 Å². The summed E-state index contributed by atoms with van der Waals surface area (Å²) in [4.78, 5) is 23.1. The minimum absolute atomic E-state index is 0.0567. The molecule has 0 spiro atoms. The Balaban J connectivity index is 1.91. The summed E-state index contributed by atoms with van der Waals surface area (Å²) in [5.41, 5.74) is 2.09. The maximum atomic E-state index is 11.9. The molecule has 0 radical (unpaired) electrons. The fraction of sp³-hybridized carbons (Fsp3) is 0.158. The van der Waals surface area contributed by atoms with Crippen LogP contribution in [0, 0.1) is 0 Å². The number of carbonyl (C=O) groups is 2. The Labute approximate surface area is 140 Å². The predicted molar refractivity (Wildman–Crippen MR) is 91.7 cm³/mol. The quantitative estimate of drug-likeness (QED) is 0.501. The molecule has 2 aromatic rings. The lowest BCUT2D eigenvalue weighted by Gasteiger charge is -2.11. The lowest BCUT2D eigenvalue weighted by molar-refractivity contribution is -0.138. The number of benzene rings is 2. The van der Waals surface area contributed by atoms with Crippen LogP contribution in [0.5, 0.6) is 5.75 Å². The summed E-state index contributed by atoms with van der Waals surface area (Å²) < 4.78 is 10.2. The fourth-order valence-corrected chi connectivity index (χ4v) is 1.97. The molecule has 0 saturated carbocycles. The van der Waals surface area contributed by atoms with Gasteiger partial charge in [-0.3, -0.25) is 0 Å². The molecule has 2 aromatic carbocycles. The van der Waals surface area contributed by atoms with E-state index in [1.54, 1.807) is 19.1 Å². The summed E-state index contributed by atoms with van der Waals surface area (Å²) in [7, 11) is 0. The smallest absolute Gasteiger partial charge is 0.412 e. The number of rotatable bonds is 6. The number of carbonyl (C=O) groups excluding carboxylic acids is 2. The van der Waals surface area contributed by atoms with Crippen LogP contribution in [0.1, 0.15) is 6.92 Å². The minimum Gasteiger partial charge on any atom is -0.460 e. The van der Waals surface area contributed by atoms with E-state index in [1.165, 1.54) is 0 Å². The fourth-order valence-electron chi connectivity index (χ4n) is 1.97. The van der Waals surface area contributed by atoms with Gasteiger partial charge in [0.25, 0.3) is 0 Å². The van der Waals surface area contributed by atoms with Gasteiger partial charge >= 0.3 is 12.1 Å². The van der Waals surface area contributed by atoms with E-state index in [0.29, 0.717) is 11.3 Å². The second-order valence-electron chi connectivity index (χ2n) is 5.09. The van der Waals surface area contributed by atoms with Gasteiger partial charge in [-0.25, -0.2) is 9.59 Å². The van der Waals surface area contributed by atoms with E-state index in [2.05, 4.69) is 11.9 Å². The normalized spacial score (nSPS) is 9.88. The number of ether oxygens (including phenoxy) is 2. The molecule has 0 atom stereocenters. The first-order valence-corrected chi connectivity index (χ1v) is 7.50.